The second-order valence-electron chi connectivity index (χ2n) is 9.56. The van der Waals surface area contributed by atoms with Gasteiger partial charge >= 0.3 is 0 Å². The molecule has 1 fully saturated rings. The molecule has 5 rings (SSSR count). The van der Waals surface area contributed by atoms with Crippen LogP contribution in [0.5, 0.6) is 0 Å². The zero-order valence-corrected chi connectivity index (χ0v) is 19.9. The minimum atomic E-state index is 0.240. The quantitative estimate of drug-likeness (QED) is 0.590. The van der Waals surface area contributed by atoms with Crippen LogP contribution >= 0.6 is 0 Å². The van der Waals surface area contributed by atoms with Crippen molar-refractivity contribution in [3.8, 4) is 0 Å². The number of carbonyl (C=O) groups excluding carboxylic acids is 1. The highest BCUT2D eigenvalue weighted by atomic mass is 16.2. The van der Waals surface area contributed by atoms with Gasteiger partial charge in [0.05, 0.1) is 0 Å². The van der Waals surface area contributed by atoms with E-state index in [2.05, 4.69) is 74.8 Å². The van der Waals surface area contributed by atoms with Gasteiger partial charge in [-0.2, -0.15) is 5.10 Å². The highest BCUT2D eigenvalue weighted by Gasteiger charge is 2.35. The summed E-state index contributed by atoms with van der Waals surface area (Å²) in [5.74, 6) is 0.240. The van der Waals surface area contributed by atoms with Crippen molar-refractivity contribution in [2.75, 3.05) is 18.4 Å². The van der Waals surface area contributed by atoms with Gasteiger partial charge in [0.15, 0.2) is 0 Å². The van der Waals surface area contributed by atoms with E-state index >= 15 is 0 Å². The molecule has 3 aromatic rings. The van der Waals surface area contributed by atoms with Crippen LogP contribution in [0.4, 0.5) is 5.69 Å². The fourth-order valence-corrected chi connectivity index (χ4v) is 5.48. The Kier molecular flexibility index (Phi) is 7.25. The molecule has 1 amide bonds. The molecule has 2 atom stereocenters. The van der Waals surface area contributed by atoms with Crippen molar-refractivity contribution in [2.24, 2.45) is 0 Å². The van der Waals surface area contributed by atoms with Gasteiger partial charge in [0, 0.05) is 69.3 Å². The Morgan fingerprint density at radius 1 is 0.971 bits per heavy atom. The normalized spacial score (nSPS) is 20.9. The minimum absolute atomic E-state index is 0.240. The predicted octanol–water partition coefficient (Wildman–Crippen LogP) is 4.54. The lowest BCUT2D eigenvalue weighted by molar-refractivity contribution is -0.132. The molecule has 0 radical (unpaired) electrons. The number of rotatable bonds is 6. The third-order valence-corrected chi connectivity index (χ3v) is 7.27. The molecule has 0 saturated carbocycles. The largest absolute Gasteiger partial charge is 0.385 e. The van der Waals surface area contributed by atoms with E-state index in [9.17, 15) is 4.79 Å². The second kappa shape index (κ2) is 10.9. The van der Waals surface area contributed by atoms with Crippen LogP contribution in [-0.4, -0.2) is 50.7 Å². The molecule has 6 nitrogen and oxygen atoms in total. The van der Waals surface area contributed by atoms with Gasteiger partial charge < -0.3 is 10.2 Å². The van der Waals surface area contributed by atoms with Gasteiger partial charge in [-0.25, -0.2) is 0 Å². The van der Waals surface area contributed by atoms with E-state index in [0.29, 0.717) is 25.0 Å². The van der Waals surface area contributed by atoms with E-state index in [1.165, 1.54) is 17.5 Å². The number of aryl methyl sites for hydroxylation is 1. The predicted molar refractivity (Wildman–Crippen MR) is 135 cm³/mol. The standard InChI is InChI=1S/C28H35N5O/c34-28(12-6-18-32-19-7-16-30-32)31-21-24-10-4-5-11-27(24)29-17-15-25-13-14-26(22-31)33(25)20-23-8-2-1-3-9-23/h1-5,7-11,16,19,25-26,29H,6,12-15,17-18,20-22H2/t25-,26+/m0/s1. The van der Waals surface area contributed by atoms with Crippen LogP contribution in [0, 0.1) is 0 Å². The molecule has 6 heteroatoms. The van der Waals surface area contributed by atoms with Crippen molar-refractivity contribution in [3.05, 3.63) is 84.2 Å². The lowest BCUT2D eigenvalue weighted by Gasteiger charge is -2.34. The first-order valence-corrected chi connectivity index (χ1v) is 12.6. The molecule has 1 saturated heterocycles. The summed E-state index contributed by atoms with van der Waals surface area (Å²) in [6.07, 6.45) is 8.56. The Bertz CT molecular complexity index is 1050. The molecule has 2 bridgehead atoms. The third-order valence-electron chi connectivity index (χ3n) is 7.27. The summed E-state index contributed by atoms with van der Waals surface area (Å²) < 4.78 is 1.91. The van der Waals surface area contributed by atoms with Crippen LogP contribution < -0.4 is 5.32 Å². The summed E-state index contributed by atoms with van der Waals surface area (Å²) >= 11 is 0. The fraction of sp³-hybridized carbons (Fsp3) is 0.429. The summed E-state index contributed by atoms with van der Waals surface area (Å²) in [4.78, 5) is 18.3. The Morgan fingerprint density at radius 3 is 2.65 bits per heavy atom. The minimum Gasteiger partial charge on any atom is -0.385 e. The second-order valence-corrected chi connectivity index (χ2v) is 9.56. The van der Waals surface area contributed by atoms with Gasteiger partial charge in [-0.3, -0.25) is 14.4 Å². The summed E-state index contributed by atoms with van der Waals surface area (Å²) in [6.45, 7) is 4.13. The van der Waals surface area contributed by atoms with Gasteiger partial charge in [-0.15, -0.1) is 0 Å². The molecule has 2 aromatic carbocycles. The summed E-state index contributed by atoms with van der Waals surface area (Å²) in [5, 5.41) is 7.95. The third kappa shape index (κ3) is 5.50. The number of carbonyl (C=O) groups is 1. The number of para-hydroxylation sites is 1. The molecule has 34 heavy (non-hydrogen) atoms. The molecular weight excluding hydrogens is 422 g/mol. The monoisotopic (exact) mass is 457 g/mol. The first-order valence-electron chi connectivity index (χ1n) is 12.6. The van der Waals surface area contributed by atoms with E-state index in [-0.39, 0.29) is 5.91 Å². The van der Waals surface area contributed by atoms with Crippen LogP contribution in [0.2, 0.25) is 0 Å². The molecule has 3 heterocycles. The zero-order valence-electron chi connectivity index (χ0n) is 19.9. The van der Waals surface area contributed by atoms with Gasteiger partial charge in [0.1, 0.15) is 0 Å². The molecule has 1 N–H and O–H groups in total. The number of anilines is 1. The number of hydrogen-bond donors (Lipinski definition) is 1. The maximum atomic E-state index is 13.5. The van der Waals surface area contributed by atoms with E-state index in [4.69, 9.17) is 0 Å². The topological polar surface area (TPSA) is 53.4 Å². The number of hydrogen-bond acceptors (Lipinski definition) is 4. The number of amides is 1. The average molecular weight is 458 g/mol. The molecule has 0 spiro atoms. The van der Waals surface area contributed by atoms with Crippen molar-refractivity contribution in [2.45, 2.75) is 63.8 Å². The van der Waals surface area contributed by atoms with Crippen LogP contribution in [-0.2, 0) is 24.4 Å². The van der Waals surface area contributed by atoms with Crippen molar-refractivity contribution in [1.29, 1.82) is 0 Å². The van der Waals surface area contributed by atoms with E-state index in [1.54, 1.807) is 6.20 Å². The molecule has 0 aliphatic carbocycles. The lowest BCUT2D eigenvalue weighted by atomic mass is 10.1. The molecule has 0 unspecified atom stereocenters. The zero-order chi connectivity index (χ0) is 23.2. The van der Waals surface area contributed by atoms with Gasteiger partial charge in [0.25, 0.3) is 0 Å². The first kappa shape index (κ1) is 22.7. The number of benzene rings is 2. The fourth-order valence-electron chi connectivity index (χ4n) is 5.48. The average Bonchev–Trinajstić information content (AvgIpc) is 3.50. The van der Waals surface area contributed by atoms with Crippen LogP contribution in [0.1, 0.15) is 43.2 Å². The number of aromatic nitrogens is 2. The van der Waals surface area contributed by atoms with Crippen molar-refractivity contribution >= 4 is 11.6 Å². The molecule has 178 valence electrons. The summed E-state index contributed by atoms with van der Waals surface area (Å²) in [7, 11) is 0. The SMILES string of the molecule is O=C(CCCn1cccn1)N1Cc2ccccc2NCC[C@@H]2CC[C@H](C1)N2Cc1ccccc1. The van der Waals surface area contributed by atoms with Gasteiger partial charge in [-0.05, 0) is 48.9 Å². The number of nitrogens with one attached hydrogen (secondary N) is 1. The molecule has 1 aromatic heterocycles. The first-order chi connectivity index (χ1) is 16.8. The Balaban J connectivity index is 1.35. The lowest BCUT2D eigenvalue weighted by Crippen LogP contribution is -2.44. The van der Waals surface area contributed by atoms with Gasteiger partial charge in [-0.1, -0.05) is 48.5 Å². The van der Waals surface area contributed by atoms with Crippen LogP contribution in [0.25, 0.3) is 0 Å². The smallest absolute Gasteiger partial charge is 0.222 e. The summed E-state index contributed by atoms with van der Waals surface area (Å²) in [5.41, 5.74) is 3.71. The van der Waals surface area contributed by atoms with Gasteiger partial charge in [0.2, 0.25) is 5.91 Å². The van der Waals surface area contributed by atoms with Crippen molar-refractivity contribution < 1.29 is 4.79 Å². The van der Waals surface area contributed by atoms with E-state index in [1.807, 2.05) is 16.9 Å². The molecular formula is C28H35N5O. The summed E-state index contributed by atoms with van der Waals surface area (Å²) in [6, 6.07) is 22.1. The Morgan fingerprint density at radius 2 is 1.79 bits per heavy atom. The number of nitrogens with zero attached hydrogens (tertiary/aromatic N) is 4. The van der Waals surface area contributed by atoms with E-state index < -0.39 is 0 Å². The van der Waals surface area contributed by atoms with Crippen molar-refractivity contribution in [1.82, 2.24) is 19.6 Å². The van der Waals surface area contributed by atoms with Crippen LogP contribution in [0.15, 0.2) is 73.1 Å². The molecule has 2 aliphatic rings. The van der Waals surface area contributed by atoms with E-state index in [0.717, 1.165) is 51.1 Å². The maximum absolute atomic E-state index is 13.5. The Hall–Kier alpha value is -3.12. The highest BCUT2D eigenvalue weighted by molar-refractivity contribution is 5.76. The van der Waals surface area contributed by atoms with Crippen molar-refractivity contribution in [3.63, 3.8) is 0 Å². The maximum Gasteiger partial charge on any atom is 0.222 e. The molecule has 2 aliphatic heterocycles. The Labute approximate surface area is 202 Å². The van der Waals surface area contributed by atoms with Crippen LogP contribution in [0.3, 0.4) is 0 Å². The number of fused-ring (bicyclic) bond motifs is 3. The highest BCUT2D eigenvalue weighted by Crippen LogP contribution is 2.31.